The molecule has 5 heteroatoms. The molecule has 1 atom stereocenters. The summed E-state index contributed by atoms with van der Waals surface area (Å²) in [6.45, 7) is 0.0792. The van der Waals surface area contributed by atoms with E-state index in [2.05, 4.69) is 0 Å². The zero-order valence-corrected chi connectivity index (χ0v) is 12.3. The summed E-state index contributed by atoms with van der Waals surface area (Å²) >= 11 is 0. The molecule has 1 N–H and O–H groups in total. The Balaban J connectivity index is 2.46. The fourth-order valence-corrected chi connectivity index (χ4v) is 2.68. The Morgan fingerprint density at radius 3 is 2.37 bits per heavy atom. The fourth-order valence-electron chi connectivity index (χ4n) is 1.99. The van der Waals surface area contributed by atoms with Crippen LogP contribution in [-0.4, -0.2) is 39.2 Å². The van der Waals surface area contributed by atoms with Gasteiger partial charge in [0.1, 0.15) is 15.6 Å². The van der Waals surface area contributed by atoms with Gasteiger partial charge in [-0.25, -0.2) is 8.42 Å². The average Bonchev–Trinajstić information content (AvgIpc) is 2.37. The Morgan fingerprint density at radius 2 is 1.89 bits per heavy atom. The number of aliphatic hydroxyl groups is 1. The van der Waals surface area contributed by atoms with Crippen molar-refractivity contribution >= 4 is 9.84 Å². The summed E-state index contributed by atoms with van der Waals surface area (Å²) in [7, 11) is -1.29. The Bertz CT molecular complexity index is 465. The largest absolute Gasteiger partial charge is 0.497 e. The molecule has 0 spiro atoms. The van der Waals surface area contributed by atoms with Crippen LogP contribution < -0.4 is 4.74 Å². The van der Waals surface area contributed by atoms with Crippen molar-refractivity contribution in [1.29, 1.82) is 0 Å². The minimum atomic E-state index is -2.91. The topological polar surface area (TPSA) is 63.6 Å². The molecule has 1 rings (SSSR count). The molecule has 0 heterocycles. The SMILES string of the molecule is COc1ccc(CC(CO)CCCS(C)(=O)=O)cc1. The summed E-state index contributed by atoms with van der Waals surface area (Å²) < 4.78 is 27.2. The molecule has 19 heavy (non-hydrogen) atoms. The van der Waals surface area contributed by atoms with Crippen LogP contribution in [0.1, 0.15) is 18.4 Å². The molecule has 0 radical (unpaired) electrons. The third-order valence-corrected chi connectivity index (χ3v) is 4.10. The van der Waals surface area contributed by atoms with Crippen molar-refractivity contribution in [2.24, 2.45) is 5.92 Å². The molecule has 0 aliphatic rings. The smallest absolute Gasteiger partial charge is 0.147 e. The molecule has 1 unspecified atom stereocenters. The zero-order chi connectivity index (χ0) is 14.3. The first-order valence-corrected chi connectivity index (χ1v) is 8.42. The van der Waals surface area contributed by atoms with Crippen LogP contribution in [0, 0.1) is 5.92 Å². The predicted octanol–water partition coefficient (Wildman–Crippen LogP) is 1.67. The number of methoxy groups -OCH3 is 1. The Kier molecular flexibility index (Phi) is 6.31. The molecular formula is C14H22O4S. The lowest BCUT2D eigenvalue weighted by atomic mass is 9.96. The minimum absolute atomic E-state index is 0.0792. The Hall–Kier alpha value is -1.07. The van der Waals surface area contributed by atoms with Crippen molar-refractivity contribution in [2.45, 2.75) is 19.3 Å². The number of benzene rings is 1. The molecule has 0 saturated carbocycles. The number of hydrogen-bond donors (Lipinski definition) is 1. The molecule has 0 aliphatic heterocycles. The van der Waals surface area contributed by atoms with Crippen molar-refractivity contribution in [3.05, 3.63) is 29.8 Å². The monoisotopic (exact) mass is 286 g/mol. The van der Waals surface area contributed by atoms with Crippen molar-refractivity contribution in [3.63, 3.8) is 0 Å². The van der Waals surface area contributed by atoms with Crippen LogP contribution in [0.3, 0.4) is 0 Å². The van der Waals surface area contributed by atoms with E-state index in [9.17, 15) is 13.5 Å². The molecule has 4 nitrogen and oxygen atoms in total. The molecule has 0 amide bonds. The maximum Gasteiger partial charge on any atom is 0.147 e. The van der Waals surface area contributed by atoms with Crippen molar-refractivity contribution < 1.29 is 18.3 Å². The van der Waals surface area contributed by atoms with Crippen LogP contribution in [0.25, 0.3) is 0 Å². The maximum absolute atomic E-state index is 11.1. The van der Waals surface area contributed by atoms with E-state index >= 15 is 0 Å². The molecule has 1 aromatic rings. The molecule has 0 aliphatic carbocycles. The number of rotatable bonds is 8. The fraction of sp³-hybridized carbons (Fsp3) is 0.571. The van der Waals surface area contributed by atoms with Crippen LogP contribution >= 0.6 is 0 Å². The highest BCUT2D eigenvalue weighted by Crippen LogP contribution is 2.17. The minimum Gasteiger partial charge on any atom is -0.497 e. The second-order valence-corrected chi connectivity index (χ2v) is 7.13. The van der Waals surface area contributed by atoms with Gasteiger partial charge in [0.15, 0.2) is 0 Å². The molecular weight excluding hydrogens is 264 g/mol. The summed E-state index contributed by atoms with van der Waals surface area (Å²) in [5.74, 6) is 1.10. The number of sulfone groups is 1. The van der Waals surface area contributed by atoms with Crippen molar-refractivity contribution in [2.75, 3.05) is 25.7 Å². The number of hydrogen-bond acceptors (Lipinski definition) is 4. The van der Waals surface area contributed by atoms with E-state index in [0.29, 0.717) is 6.42 Å². The summed E-state index contributed by atoms with van der Waals surface area (Å²) in [5, 5.41) is 9.34. The second kappa shape index (κ2) is 7.50. The van der Waals surface area contributed by atoms with Crippen LogP contribution in [-0.2, 0) is 16.3 Å². The summed E-state index contributed by atoms with van der Waals surface area (Å²) in [4.78, 5) is 0. The van der Waals surface area contributed by atoms with Gasteiger partial charge in [0.25, 0.3) is 0 Å². The van der Waals surface area contributed by atoms with Crippen molar-refractivity contribution in [3.8, 4) is 5.75 Å². The quantitative estimate of drug-likeness (QED) is 0.789. The lowest BCUT2D eigenvalue weighted by Gasteiger charge is -2.14. The summed E-state index contributed by atoms with van der Waals surface area (Å²) in [6.07, 6.45) is 3.31. The highest BCUT2D eigenvalue weighted by molar-refractivity contribution is 7.90. The van der Waals surface area contributed by atoms with Crippen LogP contribution in [0.5, 0.6) is 5.75 Å². The van der Waals surface area contributed by atoms with Gasteiger partial charge in [-0.1, -0.05) is 12.1 Å². The van der Waals surface area contributed by atoms with E-state index in [0.717, 1.165) is 24.2 Å². The second-order valence-electron chi connectivity index (χ2n) is 4.87. The standard InChI is InChI=1S/C14H22O4S/c1-18-14-7-5-12(6-8-14)10-13(11-15)4-3-9-19(2,16)17/h5-8,13,15H,3-4,9-11H2,1-2H3. The predicted molar refractivity (Wildman–Crippen MR) is 76.2 cm³/mol. The molecule has 1 aromatic carbocycles. The maximum atomic E-state index is 11.1. The van der Waals surface area contributed by atoms with Crippen LogP contribution in [0.15, 0.2) is 24.3 Å². The lowest BCUT2D eigenvalue weighted by Crippen LogP contribution is -2.12. The number of ether oxygens (including phenoxy) is 1. The van der Waals surface area contributed by atoms with Gasteiger partial charge in [-0.3, -0.25) is 0 Å². The zero-order valence-electron chi connectivity index (χ0n) is 11.5. The first-order valence-electron chi connectivity index (χ1n) is 6.36. The van der Waals surface area contributed by atoms with Crippen LogP contribution in [0.2, 0.25) is 0 Å². The number of aliphatic hydroxyl groups excluding tert-OH is 1. The molecule has 0 aromatic heterocycles. The first-order chi connectivity index (χ1) is 8.94. The van der Waals surface area contributed by atoms with E-state index in [1.54, 1.807) is 7.11 Å². The molecule has 0 fully saturated rings. The van der Waals surface area contributed by atoms with Gasteiger partial charge in [-0.05, 0) is 42.9 Å². The molecule has 108 valence electrons. The van der Waals surface area contributed by atoms with Gasteiger partial charge in [0.2, 0.25) is 0 Å². The summed E-state index contributed by atoms with van der Waals surface area (Å²) in [5.41, 5.74) is 1.12. The van der Waals surface area contributed by atoms with E-state index in [4.69, 9.17) is 4.74 Å². The van der Waals surface area contributed by atoms with Gasteiger partial charge < -0.3 is 9.84 Å². The first kappa shape index (κ1) is 16.0. The van der Waals surface area contributed by atoms with E-state index in [-0.39, 0.29) is 18.3 Å². The van der Waals surface area contributed by atoms with Crippen molar-refractivity contribution in [1.82, 2.24) is 0 Å². The highest BCUT2D eigenvalue weighted by Gasteiger charge is 2.10. The van der Waals surface area contributed by atoms with E-state index in [1.165, 1.54) is 6.26 Å². The van der Waals surface area contributed by atoms with E-state index in [1.807, 2.05) is 24.3 Å². The van der Waals surface area contributed by atoms with Gasteiger partial charge in [0, 0.05) is 18.6 Å². The Morgan fingerprint density at radius 1 is 1.26 bits per heavy atom. The highest BCUT2D eigenvalue weighted by atomic mass is 32.2. The van der Waals surface area contributed by atoms with Gasteiger partial charge in [-0.2, -0.15) is 0 Å². The third-order valence-electron chi connectivity index (χ3n) is 3.07. The third kappa shape index (κ3) is 6.59. The van der Waals surface area contributed by atoms with Crippen LogP contribution in [0.4, 0.5) is 0 Å². The summed E-state index contributed by atoms with van der Waals surface area (Å²) in [6, 6.07) is 7.72. The molecule has 0 saturated heterocycles. The normalized spacial score (nSPS) is 13.2. The molecule has 0 bridgehead atoms. The average molecular weight is 286 g/mol. The van der Waals surface area contributed by atoms with Gasteiger partial charge in [0.05, 0.1) is 7.11 Å². The van der Waals surface area contributed by atoms with Gasteiger partial charge in [-0.15, -0.1) is 0 Å². The van der Waals surface area contributed by atoms with E-state index < -0.39 is 9.84 Å². The van der Waals surface area contributed by atoms with Gasteiger partial charge >= 0.3 is 0 Å². The lowest BCUT2D eigenvalue weighted by molar-refractivity contribution is 0.217. The Labute approximate surface area is 115 Å².